The third-order valence-corrected chi connectivity index (χ3v) is 2.67. The summed E-state index contributed by atoms with van der Waals surface area (Å²) in [5.74, 6) is 0. The van der Waals surface area contributed by atoms with Crippen LogP contribution >= 0.6 is 12.2 Å². The van der Waals surface area contributed by atoms with Crippen LogP contribution < -0.4 is 5.73 Å². The van der Waals surface area contributed by atoms with Crippen LogP contribution in [0, 0.1) is 20.8 Å². The molecule has 0 saturated carbocycles. The SMILES string of the molecule is Cc1cc(C)c(CCC(N)=S)c(C)c1. The standard InChI is InChI=1S/C12H17NS/c1-8-6-9(2)11(10(3)7-8)4-5-12(13)14/h6-7H,4-5H2,1-3H3,(H2,13,14). The van der Waals surface area contributed by atoms with E-state index in [2.05, 4.69) is 32.9 Å². The maximum Gasteiger partial charge on any atom is 0.0730 e. The van der Waals surface area contributed by atoms with Gasteiger partial charge < -0.3 is 5.73 Å². The summed E-state index contributed by atoms with van der Waals surface area (Å²) in [5.41, 5.74) is 10.9. The lowest BCUT2D eigenvalue weighted by Crippen LogP contribution is -2.09. The highest BCUT2D eigenvalue weighted by atomic mass is 32.1. The van der Waals surface area contributed by atoms with Crippen molar-refractivity contribution in [1.29, 1.82) is 0 Å². The minimum Gasteiger partial charge on any atom is -0.393 e. The highest BCUT2D eigenvalue weighted by Gasteiger charge is 2.03. The second kappa shape index (κ2) is 4.56. The first-order chi connectivity index (χ1) is 6.50. The predicted octanol–water partition coefficient (Wildman–Crippen LogP) is 2.83. The van der Waals surface area contributed by atoms with Crippen LogP contribution in [0.2, 0.25) is 0 Å². The minimum atomic E-state index is 0.601. The molecule has 0 aliphatic carbocycles. The number of hydrogen-bond donors (Lipinski definition) is 1. The predicted molar refractivity (Wildman–Crippen MR) is 65.8 cm³/mol. The molecule has 1 aromatic carbocycles. The van der Waals surface area contributed by atoms with Gasteiger partial charge >= 0.3 is 0 Å². The fraction of sp³-hybridized carbons (Fsp3) is 0.417. The van der Waals surface area contributed by atoms with E-state index >= 15 is 0 Å². The second-order valence-electron chi connectivity index (χ2n) is 3.84. The molecule has 0 aliphatic rings. The van der Waals surface area contributed by atoms with Crippen LogP contribution in [-0.2, 0) is 6.42 Å². The van der Waals surface area contributed by atoms with Crippen LogP contribution in [-0.4, -0.2) is 4.99 Å². The maximum absolute atomic E-state index is 5.50. The minimum absolute atomic E-state index is 0.601. The van der Waals surface area contributed by atoms with Crippen molar-refractivity contribution in [2.24, 2.45) is 5.73 Å². The molecule has 0 heterocycles. The molecule has 0 fully saturated rings. The van der Waals surface area contributed by atoms with Gasteiger partial charge in [0.15, 0.2) is 0 Å². The third-order valence-electron chi connectivity index (χ3n) is 2.46. The number of hydrogen-bond acceptors (Lipinski definition) is 1. The molecule has 1 aromatic rings. The molecule has 2 N–H and O–H groups in total. The highest BCUT2D eigenvalue weighted by Crippen LogP contribution is 2.17. The van der Waals surface area contributed by atoms with Crippen molar-refractivity contribution in [2.75, 3.05) is 0 Å². The van der Waals surface area contributed by atoms with Crippen LogP contribution in [0.5, 0.6) is 0 Å². The van der Waals surface area contributed by atoms with Gasteiger partial charge in [-0.2, -0.15) is 0 Å². The van der Waals surface area contributed by atoms with E-state index < -0.39 is 0 Å². The van der Waals surface area contributed by atoms with E-state index in [1.54, 1.807) is 0 Å². The molecule has 0 spiro atoms. The lowest BCUT2D eigenvalue weighted by atomic mass is 9.96. The summed E-state index contributed by atoms with van der Waals surface area (Å²) >= 11 is 4.88. The zero-order chi connectivity index (χ0) is 10.7. The van der Waals surface area contributed by atoms with Crippen molar-refractivity contribution in [3.8, 4) is 0 Å². The Kier molecular flexibility index (Phi) is 3.64. The van der Waals surface area contributed by atoms with Crippen LogP contribution in [0.1, 0.15) is 28.7 Å². The summed E-state index contributed by atoms with van der Waals surface area (Å²) in [4.78, 5) is 0.601. The molecule has 0 bridgehead atoms. The van der Waals surface area contributed by atoms with Gasteiger partial charge in [-0.05, 0) is 43.9 Å². The Morgan fingerprint density at radius 2 is 1.71 bits per heavy atom. The molecular formula is C12H17NS. The molecule has 1 nitrogen and oxygen atoms in total. The average Bonchev–Trinajstić information content (AvgIpc) is 2.01. The second-order valence-corrected chi connectivity index (χ2v) is 4.37. The maximum atomic E-state index is 5.50. The first-order valence-electron chi connectivity index (χ1n) is 4.85. The Morgan fingerprint density at radius 3 is 2.14 bits per heavy atom. The summed E-state index contributed by atoms with van der Waals surface area (Å²) in [6, 6.07) is 4.42. The summed E-state index contributed by atoms with van der Waals surface area (Å²) < 4.78 is 0. The number of rotatable bonds is 3. The Hall–Kier alpha value is -0.890. The monoisotopic (exact) mass is 207 g/mol. The van der Waals surface area contributed by atoms with Gasteiger partial charge in [0.1, 0.15) is 0 Å². The zero-order valence-corrected chi connectivity index (χ0v) is 9.87. The normalized spacial score (nSPS) is 10.2. The lowest BCUT2D eigenvalue weighted by Gasteiger charge is -2.10. The summed E-state index contributed by atoms with van der Waals surface area (Å²) in [6.45, 7) is 6.42. The van der Waals surface area contributed by atoms with E-state index in [9.17, 15) is 0 Å². The summed E-state index contributed by atoms with van der Waals surface area (Å²) in [7, 11) is 0. The van der Waals surface area contributed by atoms with Crippen molar-refractivity contribution in [3.63, 3.8) is 0 Å². The van der Waals surface area contributed by atoms with Gasteiger partial charge in [0, 0.05) is 6.42 Å². The van der Waals surface area contributed by atoms with Crippen molar-refractivity contribution in [2.45, 2.75) is 33.6 Å². The lowest BCUT2D eigenvalue weighted by molar-refractivity contribution is 1.00. The molecule has 0 amide bonds. The largest absolute Gasteiger partial charge is 0.393 e. The average molecular weight is 207 g/mol. The Labute approximate surface area is 91.3 Å². The van der Waals surface area contributed by atoms with Gasteiger partial charge in [-0.1, -0.05) is 29.9 Å². The summed E-state index contributed by atoms with van der Waals surface area (Å²) in [6.07, 6.45) is 1.77. The molecule has 0 unspecified atom stereocenters. The zero-order valence-electron chi connectivity index (χ0n) is 9.05. The molecule has 0 aliphatic heterocycles. The molecule has 0 aromatic heterocycles. The summed E-state index contributed by atoms with van der Waals surface area (Å²) in [5, 5.41) is 0. The molecule has 14 heavy (non-hydrogen) atoms. The van der Waals surface area contributed by atoms with E-state index in [0.717, 1.165) is 12.8 Å². The Morgan fingerprint density at radius 1 is 1.21 bits per heavy atom. The Bertz CT molecular complexity index is 332. The van der Waals surface area contributed by atoms with E-state index in [1.807, 2.05) is 0 Å². The van der Waals surface area contributed by atoms with E-state index in [4.69, 9.17) is 18.0 Å². The quantitative estimate of drug-likeness (QED) is 0.771. The molecule has 0 radical (unpaired) electrons. The van der Waals surface area contributed by atoms with Crippen molar-refractivity contribution < 1.29 is 0 Å². The van der Waals surface area contributed by atoms with Crippen LogP contribution in [0.15, 0.2) is 12.1 Å². The van der Waals surface area contributed by atoms with Gasteiger partial charge in [-0.25, -0.2) is 0 Å². The molecule has 0 saturated heterocycles. The first-order valence-corrected chi connectivity index (χ1v) is 5.26. The third kappa shape index (κ3) is 2.81. The van der Waals surface area contributed by atoms with Crippen molar-refractivity contribution in [3.05, 3.63) is 34.4 Å². The van der Waals surface area contributed by atoms with E-state index in [0.29, 0.717) is 4.99 Å². The molecular weight excluding hydrogens is 190 g/mol. The Balaban J connectivity index is 2.91. The van der Waals surface area contributed by atoms with Crippen molar-refractivity contribution >= 4 is 17.2 Å². The molecule has 1 rings (SSSR count). The van der Waals surface area contributed by atoms with Gasteiger partial charge in [-0.3, -0.25) is 0 Å². The van der Waals surface area contributed by atoms with Gasteiger partial charge in [0.2, 0.25) is 0 Å². The number of thiocarbonyl (C=S) groups is 1. The number of nitrogens with two attached hydrogens (primary N) is 1. The van der Waals surface area contributed by atoms with Gasteiger partial charge in [-0.15, -0.1) is 0 Å². The fourth-order valence-electron chi connectivity index (χ4n) is 1.85. The van der Waals surface area contributed by atoms with Crippen LogP contribution in [0.3, 0.4) is 0 Å². The topological polar surface area (TPSA) is 26.0 Å². The van der Waals surface area contributed by atoms with Crippen molar-refractivity contribution in [1.82, 2.24) is 0 Å². The molecule has 2 heteroatoms. The van der Waals surface area contributed by atoms with E-state index in [1.165, 1.54) is 22.3 Å². The first kappa shape index (κ1) is 11.2. The number of aryl methyl sites for hydroxylation is 3. The molecule has 76 valence electrons. The van der Waals surface area contributed by atoms with E-state index in [-0.39, 0.29) is 0 Å². The van der Waals surface area contributed by atoms with Gasteiger partial charge in [0.25, 0.3) is 0 Å². The number of benzene rings is 1. The highest BCUT2D eigenvalue weighted by molar-refractivity contribution is 7.80. The van der Waals surface area contributed by atoms with Crippen LogP contribution in [0.4, 0.5) is 0 Å². The fourth-order valence-corrected chi connectivity index (χ4v) is 1.95. The van der Waals surface area contributed by atoms with Gasteiger partial charge in [0.05, 0.1) is 4.99 Å². The smallest absolute Gasteiger partial charge is 0.0730 e. The van der Waals surface area contributed by atoms with Crippen LogP contribution in [0.25, 0.3) is 0 Å². The molecule has 0 atom stereocenters.